The van der Waals surface area contributed by atoms with Crippen LogP contribution < -0.4 is 5.32 Å². The molecule has 0 bridgehead atoms. The van der Waals surface area contributed by atoms with Crippen molar-refractivity contribution in [3.8, 4) is 0 Å². The Hall–Kier alpha value is -5.57. The predicted molar refractivity (Wildman–Crippen MR) is 314 cm³/mol. The van der Waals surface area contributed by atoms with Crippen LogP contribution in [-0.2, 0) is 114 Å². The van der Waals surface area contributed by atoms with Gasteiger partial charge < -0.3 is 67.3 Å². The van der Waals surface area contributed by atoms with Gasteiger partial charge in [-0.1, -0.05) is 177 Å². The summed E-state index contributed by atoms with van der Waals surface area (Å²) in [7, 11) is -3.76. The zero-order valence-electron chi connectivity index (χ0n) is 49.1. The molecule has 0 unspecified atom stereocenters. The summed E-state index contributed by atoms with van der Waals surface area (Å²) in [6, 6.07) is 46.7. The molecule has 3 fully saturated rings. The van der Waals surface area contributed by atoms with E-state index in [2.05, 4.69) is 5.32 Å². The maximum Gasteiger partial charge on any atom is 0.397 e. The average molecular weight is 1210 g/mol. The molecule has 3 N–H and O–H groups in total. The third kappa shape index (κ3) is 21.3. The topological polar surface area (TPSA) is 241 Å². The highest BCUT2D eigenvalue weighted by Crippen LogP contribution is 2.37. The Morgan fingerprint density at radius 1 is 0.547 bits per heavy atom. The van der Waals surface area contributed by atoms with Crippen LogP contribution in [0.4, 0.5) is 0 Å². The van der Waals surface area contributed by atoms with Gasteiger partial charge in [-0.05, 0) is 47.6 Å². The summed E-state index contributed by atoms with van der Waals surface area (Å²) < 4.78 is 119. The summed E-state index contributed by atoms with van der Waals surface area (Å²) in [5, 5.41) is 15.1. The number of amides is 1. The Morgan fingerprint density at radius 2 is 1.02 bits per heavy atom. The number of aliphatic hydroxyl groups is 1. The third-order valence-corrected chi connectivity index (χ3v) is 15.5. The van der Waals surface area contributed by atoms with Crippen LogP contribution in [0.15, 0.2) is 152 Å². The maximum atomic E-state index is 13.7. The second-order valence-electron chi connectivity index (χ2n) is 21.7. The second-order valence-corrected chi connectivity index (χ2v) is 22.7. The molecule has 86 heavy (non-hydrogen) atoms. The summed E-state index contributed by atoms with van der Waals surface area (Å²) in [6.45, 7) is 3.87. The van der Waals surface area contributed by atoms with Gasteiger partial charge in [0.05, 0.1) is 65.6 Å². The Morgan fingerprint density at radius 3 is 1.55 bits per heavy atom. The van der Waals surface area contributed by atoms with Crippen LogP contribution in [-0.4, -0.2) is 143 Å². The summed E-state index contributed by atoms with van der Waals surface area (Å²) in [5.74, 6) is -0.720. The molecule has 3 aliphatic heterocycles. The number of carbonyl (C=O) groups excluding carboxylic acids is 2. The maximum absolute atomic E-state index is 13.7. The van der Waals surface area contributed by atoms with Crippen LogP contribution in [0.1, 0.15) is 93.0 Å². The fraction of sp³-hybridized carbons (Fsp3) is 0.508. The van der Waals surface area contributed by atoms with Crippen molar-refractivity contribution in [3.05, 3.63) is 179 Å². The number of hydrogen-bond acceptors (Lipinski definition) is 18. The number of benzene rings is 5. The number of ether oxygens (including phenoxy) is 12. The first-order valence-corrected chi connectivity index (χ1v) is 30.9. The van der Waals surface area contributed by atoms with Crippen molar-refractivity contribution in [2.45, 2.75) is 184 Å². The molecule has 0 aromatic heterocycles. The Bertz CT molecular complexity index is 2830. The van der Waals surface area contributed by atoms with E-state index in [0.29, 0.717) is 12.8 Å². The monoisotopic (exact) mass is 1210 g/mol. The molecule has 468 valence electrons. The van der Waals surface area contributed by atoms with Crippen LogP contribution in [0.3, 0.4) is 0 Å². The van der Waals surface area contributed by atoms with E-state index in [1.54, 1.807) is 0 Å². The minimum Gasteiger partial charge on any atom is -0.469 e. The van der Waals surface area contributed by atoms with Crippen LogP contribution in [0.5, 0.6) is 0 Å². The molecular formula is C65H83NO19S. The first-order chi connectivity index (χ1) is 41.8. The number of methoxy groups -OCH3 is 1. The van der Waals surface area contributed by atoms with E-state index in [9.17, 15) is 27.7 Å². The van der Waals surface area contributed by atoms with Crippen molar-refractivity contribution in [1.82, 2.24) is 5.32 Å². The van der Waals surface area contributed by atoms with Crippen LogP contribution in [0, 0.1) is 0 Å². The number of unbranched alkanes of at least 4 members (excludes halogenated alkanes) is 5. The first kappa shape index (κ1) is 66.4. The van der Waals surface area contributed by atoms with Gasteiger partial charge in [-0.25, -0.2) is 4.18 Å². The molecule has 8 rings (SSSR count). The molecule has 21 heteroatoms. The van der Waals surface area contributed by atoms with Crippen molar-refractivity contribution in [2.24, 2.45) is 0 Å². The van der Waals surface area contributed by atoms with E-state index in [1.807, 2.05) is 159 Å². The molecule has 0 aliphatic carbocycles. The Kier molecular flexibility index (Phi) is 26.9. The number of nitrogens with one attached hydrogen (secondary N) is 1. The lowest BCUT2D eigenvalue weighted by Crippen LogP contribution is -2.69. The van der Waals surface area contributed by atoms with E-state index in [1.165, 1.54) is 14.0 Å². The predicted octanol–water partition coefficient (Wildman–Crippen LogP) is 8.51. The molecule has 3 aliphatic rings. The minimum atomic E-state index is -5.14. The number of esters is 1. The number of aliphatic hydroxyl groups excluding tert-OH is 1. The molecule has 0 radical (unpaired) electrons. The fourth-order valence-corrected chi connectivity index (χ4v) is 11.2. The largest absolute Gasteiger partial charge is 0.469 e. The molecule has 1 amide bonds. The molecule has 5 aromatic rings. The molecule has 20 nitrogen and oxygen atoms in total. The molecule has 14 atom stereocenters. The van der Waals surface area contributed by atoms with Gasteiger partial charge in [0.15, 0.2) is 18.9 Å². The van der Waals surface area contributed by atoms with Crippen molar-refractivity contribution in [1.29, 1.82) is 0 Å². The quantitative estimate of drug-likeness (QED) is 0.0199. The number of carbonyl (C=O) groups is 2. The van der Waals surface area contributed by atoms with Crippen molar-refractivity contribution in [3.63, 3.8) is 0 Å². The van der Waals surface area contributed by atoms with Crippen LogP contribution in [0.25, 0.3) is 0 Å². The molecule has 5 aromatic carbocycles. The molecule has 0 saturated carbocycles. The third-order valence-electron chi connectivity index (χ3n) is 15.0. The molecular weight excluding hydrogens is 1130 g/mol. The van der Waals surface area contributed by atoms with E-state index in [-0.39, 0.29) is 65.2 Å². The highest BCUT2D eigenvalue weighted by molar-refractivity contribution is 7.80. The summed E-state index contributed by atoms with van der Waals surface area (Å²) in [6.07, 6.45) is -11.1. The van der Waals surface area contributed by atoms with Gasteiger partial charge in [-0.15, -0.1) is 0 Å². The van der Waals surface area contributed by atoms with Gasteiger partial charge in [-0.3, -0.25) is 14.1 Å². The van der Waals surface area contributed by atoms with E-state index in [4.69, 9.17) is 61.0 Å². The first-order valence-electron chi connectivity index (χ1n) is 29.6. The van der Waals surface area contributed by atoms with Crippen molar-refractivity contribution < 1.29 is 88.7 Å². The summed E-state index contributed by atoms with van der Waals surface area (Å²) in [4.78, 5) is 25.4. The zero-order valence-corrected chi connectivity index (χ0v) is 49.9. The SMILES string of the molecule is COC(=O)CCCCCCCCO[C@@H]1O[C@H](COCc2ccccc2)[C@@H](O[C@@H]2O[C@H](COCc3ccccc3)C[C@H](OS(=O)(=O)O)[C@H]2O)[C@H](O[C@@H]2O[C@@H](C)[C@@H](OCc3ccccc3)[C@@H](OCc3ccccc3)[C@@H]2OCc2ccccc2)[C@H]1NC(C)=O. The molecule has 0 spiro atoms. The molecule has 3 heterocycles. The highest BCUT2D eigenvalue weighted by atomic mass is 32.3. The lowest BCUT2D eigenvalue weighted by atomic mass is 9.94. The lowest BCUT2D eigenvalue weighted by Gasteiger charge is -2.51. The molecule has 3 saturated heterocycles. The van der Waals surface area contributed by atoms with Gasteiger partial charge in [0.1, 0.15) is 54.9 Å². The summed E-state index contributed by atoms with van der Waals surface area (Å²) in [5.41, 5.74) is 4.37. The minimum absolute atomic E-state index is 0.0838. The lowest BCUT2D eigenvalue weighted by molar-refractivity contribution is -0.375. The van der Waals surface area contributed by atoms with Crippen LogP contribution in [0.2, 0.25) is 0 Å². The highest BCUT2D eigenvalue weighted by Gasteiger charge is 2.56. The summed E-state index contributed by atoms with van der Waals surface area (Å²) >= 11 is 0. The van der Waals surface area contributed by atoms with Gasteiger partial charge in [-0.2, -0.15) is 8.42 Å². The standard InChI is InChI=1S/C65H83NO19S/c1-45-58(77-40-49-29-17-10-18-30-49)61(78-41-50-31-19-11-20-32-50)62(79-42-51-33-21-12-22-34-51)65(80-45)84-60-56(66-46(2)67)63(76-36-24-7-5-4-6-23-35-55(68)73-3)82-54(44-75-39-48-27-15-9-16-28-48)59(60)83-64-57(69)53(85-86(70,71)72)37-52(81-64)43-74-38-47-25-13-8-14-26-47/h8-22,25-34,45,52-54,56-65,69H,4-7,23-24,35-44H2,1-3H3,(H,66,67)(H,70,71,72)/t45-,52-,53-,54+,56+,57+,58+,59+,60+,61+,62-,63+,64-,65-/m0/s1. The van der Waals surface area contributed by atoms with Gasteiger partial charge in [0, 0.05) is 26.4 Å². The zero-order chi connectivity index (χ0) is 60.5. The fourth-order valence-electron chi connectivity index (χ4n) is 10.7. The normalized spacial score (nSPS) is 26.8. The Balaban J connectivity index is 1.17. The van der Waals surface area contributed by atoms with Gasteiger partial charge >= 0.3 is 16.4 Å². The van der Waals surface area contributed by atoms with Gasteiger partial charge in [0.25, 0.3) is 0 Å². The van der Waals surface area contributed by atoms with E-state index in [0.717, 1.165) is 59.9 Å². The van der Waals surface area contributed by atoms with Crippen molar-refractivity contribution >= 4 is 22.3 Å². The number of rotatable bonds is 34. The van der Waals surface area contributed by atoms with E-state index >= 15 is 0 Å². The van der Waals surface area contributed by atoms with Gasteiger partial charge in [0.2, 0.25) is 5.91 Å². The smallest absolute Gasteiger partial charge is 0.397 e. The van der Waals surface area contributed by atoms with E-state index < -0.39 is 102 Å². The Labute approximate surface area is 504 Å². The van der Waals surface area contributed by atoms with Crippen molar-refractivity contribution in [2.75, 3.05) is 26.9 Å². The second kappa shape index (κ2) is 34.8. The number of hydrogen-bond donors (Lipinski definition) is 3. The van der Waals surface area contributed by atoms with Crippen LogP contribution >= 0.6 is 0 Å². The average Bonchev–Trinajstić information content (AvgIpc) is 1.20.